The first-order valence-electron chi connectivity index (χ1n) is 5.46. The van der Waals surface area contributed by atoms with Crippen LogP contribution in [0.25, 0.3) is 10.8 Å². The molecule has 0 saturated carbocycles. The summed E-state index contributed by atoms with van der Waals surface area (Å²) in [4.78, 5) is 11.6. The van der Waals surface area contributed by atoms with E-state index in [4.69, 9.17) is 9.84 Å². The quantitative estimate of drug-likeness (QED) is 0.820. The van der Waals surface area contributed by atoms with Crippen LogP contribution in [0, 0.1) is 0 Å². The Balaban J connectivity index is 2.41. The number of methoxy groups -OCH3 is 1. The van der Waals surface area contributed by atoms with Crippen LogP contribution in [-0.2, 0) is 0 Å². The molecule has 2 rings (SSSR count). The normalized spacial score (nSPS) is 10.5. The highest BCUT2D eigenvalue weighted by atomic mass is 16.5. The molecule has 0 aromatic heterocycles. The maximum absolute atomic E-state index is 11.6. The number of rotatable bonds is 4. The van der Waals surface area contributed by atoms with E-state index in [-0.39, 0.29) is 18.8 Å². The highest BCUT2D eigenvalue weighted by Crippen LogP contribution is 2.22. The van der Waals surface area contributed by atoms with Gasteiger partial charge in [-0.05, 0) is 29.0 Å². The summed E-state index contributed by atoms with van der Waals surface area (Å²) in [6.45, 7) is -0.112. The Kier molecular flexibility index (Phi) is 3.40. The Morgan fingerprint density at radius 1 is 1.18 bits per heavy atom. The van der Waals surface area contributed by atoms with Crippen molar-refractivity contribution in [3.63, 3.8) is 0 Å². The minimum absolute atomic E-state index is 0.0368. The van der Waals surface area contributed by atoms with Gasteiger partial charge in [-0.15, -0.1) is 0 Å². The topological polar surface area (TPSA) is 46.5 Å². The van der Waals surface area contributed by atoms with E-state index >= 15 is 0 Å². The molecule has 0 aliphatic heterocycles. The molecule has 17 heavy (non-hydrogen) atoms. The van der Waals surface area contributed by atoms with Gasteiger partial charge in [-0.3, -0.25) is 4.79 Å². The van der Waals surface area contributed by atoms with E-state index in [0.717, 1.165) is 16.5 Å². The molecular weight excluding hydrogens is 216 g/mol. The van der Waals surface area contributed by atoms with Gasteiger partial charge >= 0.3 is 0 Å². The van der Waals surface area contributed by atoms with Gasteiger partial charge in [0.25, 0.3) is 0 Å². The van der Waals surface area contributed by atoms with Crippen molar-refractivity contribution in [1.29, 1.82) is 0 Å². The SMILES string of the molecule is COc1ccc2cc(C(=O)CCO)ccc2c1. The molecule has 0 heterocycles. The molecule has 0 bridgehead atoms. The zero-order valence-electron chi connectivity index (χ0n) is 9.64. The second-order valence-corrected chi connectivity index (χ2v) is 3.82. The average Bonchev–Trinajstić information content (AvgIpc) is 2.37. The van der Waals surface area contributed by atoms with E-state index in [2.05, 4.69) is 0 Å². The van der Waals surface area contributed by atoms with Crippen molar-refractivity contribution >= 4 is 16.6 Å². The predicted molar refractivity (Wildman–Crippen MR) is 66.5 cm³/mol. The first-order valence-corrected chi connectivity index (χ1v) is 5.46. The number of ether oxygens (including phenoxy) is 1. The van der Waals surface area contributed by atoms with E-state index < -0.39 is 0 Å². The molecule has 2 aromatic carbocycles. The lowest BCUT2D eigenvalue weighted by molar-refractivity contribution is 0.0957. The summed E-state index contributed by atoms with van der Waals surface area (Å²) in [6, 6.07) is 11.2. The number of hydrogen-bond acceptors (Lipinski definition) is 3. The number of ketones is 1. The van der Waals surface area contributed by atoms with Crippen molar-refractivity contribution in [3.8, 4) is 5.75 Å². The summed E-state index contributed by atoms with van der Waals surface area (Å²) in [5, 5.41) is 10.8. The van der Waals surface area contributed by atoms with Crippen molar-refractivity contribution in [1.82, 2.24) is 0 Å². The highest BCUT2D eigenvalue weighted by Gasteiger charge is 2.06. The van der Waals surface area contributed by atoms with E-state index in [9.17, 15) is 4.79 Å². The standard InChI is InChI=1S/C14H14O3/c1-17-13-5-4-10-8-12(14(16)6-7-15)3-2-11(10)9-13/h2-5,8-9,15H,6-7H2,1H3. The highest BCUT2D eigenvalue weighted by molar-refractivity contribution is 6.00. The van der Waals surface area contributed by atoms with Crippen molar-refractivity contribution in [3.05, 3.63) is 42.0 Å². The minimum atomic E-state index is -0.112. The smallest absolute Gasteiger partial charge is 0.165 e. The molecule has 0 unspecified atom stereocenters. The van der Waals surface area contributed by atoms with Crippen LogP contribution in [-0.4, -0.2) is 24.6 Å². The molecule has 2 aromatic rings. The van der Waals surface area contributed by atoms with Crippen LogP contribution >= 0.6 is 0 Å². The lowest BCUT2D eigenvalue weighted by atomic mass is 10.0. The molecule has 88 valence electrons. The lowest BCUT2D eigenvalue weighted by Gasteiger charge is -2.04. The van der Waals surface area contributed by atoms with Gasteiger partial charge in [0.1, 0.15) is 5.75 Å². The Morgan fingerprint density at radius 3 is 2.59 bits per heavy atom. The Hall–Kier alpha value is -1.87. The second kappa shape index (κ2) is 4.97. The molecule has 1 N–H and O–H groups in total. The minimum Gasteiger partial charge on any atom is -0.497 e. The number of carbonyl (C=O) groups excluding carboxylic acids is 1. The Bertz CT molecular complexity index is 546. The zero-order valence-corrected chi connectivity index (χ0v) is 9.64. The fourth-order valence-electron chi connectivity index (χ4n) is 1.77. The maximum Gasteiger partial charge on any atom is 0.165 e. The largest absolute Gasteiger partial charge is 0.497 e. The van der Waals surface area contributed by atoms with Crippen molar-refractivity contribution in [2.24, 2.45) is 0 Å². The third-order valence-electron chi connectivity index (χ3n) is 2.71. The van der Waals surface area contributed by atoms with Gasteiger partial charge in [-0.25, -0.2) is 0 Å². The molecule has 0 fully saturated rings. The van der Waals surface area contributed by atoms with E-state index in [0.29, 0.717) is 5.56 Å². The third-order valence-corrected chi connectivity index (χ3v) is 2.71. The fourth-order valence-corrected chi connectivity index (χ4v) is 1.77. The summed E-state index contributed by atoms with van der Waals surface area (Å²) in [6.07, 6.45) is 0.168. The van der Waals surface area contributed by atoms with Crippen LogP contribution in [0.15, 0.2) is 36.4 Å². The van der Waals surface area contributed by atoms with Gasteiger partial charge in [-0.2, -0.15) is 0 Å². The number of hydrogen-bond donors (Lipinski definition) is 1. The Labute approximate surface area is 99.6 Å². The maximum atomic E-state index is 11.6. The van der Waals surface area contributed by atoms with Crippen LogP contribution in [0.3, 0.4) is 0 Å². The molecule has 0 spiro atoms. The number of aliphatic hydroxyl groups excluding tert-OH is 1. The molecule has 0 radical (unpaired) electrons. The summed E-state index contributed by atoms with van der Waals surface area (Å²) in [5.74, 6) is 0.761. The van der Waals surface area contributed by atoms with Crippen LogP contribution in [0.1, 0.15) is 16.8 Å². The van der Waals surface area contributed by atoms with Gasteiger partial charge in [0.15, 0.2) is 5.78 Å². The molecule has 0 aliphatic carbocycles. The van der Waals surface area contributed by atoms with Crippen LogP contribution in [0.5, 0.6) is 5.75 Å². The van der Waals surface area contributed by atoms with Crippen LogP contribution in [0.2, 0.25) is 0 Å². The van der Waals surface area contributed by atoms with Crippen molar-refractivity contribution in [2.75, 3.05) is 13.7 Å². The third kappa shape index (κ3) is 2.45. The molecule has 0 atom stereocenters. The number of carbonyl (C=O) groups is 1. The van der Waals surface area contributed by atoms with Gasteiger partial charge < -0.3 is 9.84 Å². The summed E-state index contributed by atoms with van der Waals surface area (Å²) in [5.41, 5.74) is 0.636. The van der Waals surface area contributed by atoms with Crippen molar-refractivity contribution in [2.45, 2.75) is 6.42 Å². The molecule has 0 aliphatic rings. The zero-order chi connectivity index (χ0) is 12.3. The van der Waals surface area contributed by atoms with Gasteiger partial charge in [-0.1, -0.05) is 18.2 Å². The molecule has 3 nitrogen and oxygen atoms in total. The number of benzene rings is 2. The number of Topliss-reactive ketones (excluding diaryl/α,β-unsaturated/α-hetero) is 1. The van der Waals surface area contributed by atoms with Gasteiger partial charge in [0, 0.05) is 12.0 Å². The first-order chi connectivity index (χ1) is 8.24. The van der Waals surface area contributed by atoms with Crippen molar-refractivity contribution < 1.29 is 14.6 Å². The van der Waals surface area contributed by atoms with Crippen LogP contribution < -0.4 is 4.74 Å². The number of fused-ring (bicyclic) bond motifs is 1. The molecular formula is C14H14O3. The van der Waals surface area contributed by atoms with Crippen LogP contribution in [0.4, 0.5) is 0 Å². The van der Waals surface area contributed by atoms with Gasteiger partial charge in [0.2, 0.25) is 0 Å². The average molecular weight is 230 g/mol. The predicted octanol–water partition coefficient (Wildman–Crippen LogP) is 2.41. The first kappa shape index (κ1) is 11.6. The van der Waals surface area contributed by atoms with E-state index in [1.807, 2.05) is 30.3 Å². The fraction of sp³-hybridized carbons (Fsp3) is 0.214. The van der Waals surface area contributed by atoms with Gasteiger partial charge in [0.05, 0.1) is 13.7 Å². The molecule has 3 heteroatoms. The molecule has 0 amide bonds. The lowest BCUT2D eigenvalue weighted by Crippen LogP contribution is -2.01. The van der Waals surface area contributed by atoms with E-state index in [1.165, 1.54) is 0 Å². The number of aliphatic hydroxyl groups is 1. The monoisotopic (exact) mass is 230 g/mol. The summed E-state index contributed by atoms with van der Waals surface area (Å²) in [7, 11) is 1.63. The summed E-state index contributed by atoms with van der Waals surface area (Å²) < 4.78 is 5.14. The summed E-state index contributed by atoms with van der Waals surface area (Å²) >= 11 is 0. The second-order valence-electron chi connectivity index (χ2n) is 3.82. The molecule has 0 saturated heterocycles. The van der Waals surface area contributed by atoms with E-state index in [1.54, 1.807) is 13.2 Å². The Morgan fingerprint density at radius 2 is 1.88 bits per heavy atom.